The molecule has 0 radical (unpaired) electrons. The molecule has 1 heterocycles. The van der Waals surface area contributed by atoms with Gasteiger partial charge in [0.15, 0.2) is 0 Å². The molecular formula is C22H32N4O2. The van der Waals surface area contributed by atoms with Crippen LogP contribution < -0.4 is 9.64 Å². The highest BCUT2D eigenvalue weighted by molar-refractivity contribution is 5.73. The molecule has 0 fully saturated rings. The van der Waals surface area contributed by atoms with E-state index in [1.807, 2.05) is 42.8 Å². The van der Waals surface area contributed by atoms with E-state index in [4.69, 9.17) is 9.72 Å². The van der Waals surface area contributed by atoms with E-state index in [1.165, 1.54) is 0 Å². The molecule has 2 aromatic rings. The van der Waals surface area contributed by atoms with Gasteiger partial charge in [-0.2, -0.15) is 4.98 Å². The third kappa shape index (κ3) is 5.21. The van der Waals surface area contributed by atoms with Gasteiger partial charge in [-0.05, 0) is 32.8 Å². The predicted octanol–water partition coefficient (Wildman–Crippen LogP) is 3.85. The highest BCUT2D eigenvalue weighted by Crippen LogP contribution is 2.31. The van der Waals surface area contributed by atoms with E-state index in [0.29, 0.717) is 31.5 Å². The summed E-state index contributed by atoms with van der Waals surface area (Å²) in [4.78, 5) is 25.1. The highest BCUT2D eigenvalue weighted by Gasteiger charge is 2.18. The zero-order chi connectivity index (χ0) is 20.7. The van der Waals surface area contributed by atoms with Crippen molar-refractivity contribution in [2.24, 2.45) is 0 Å². The fourth-order valence-electron chi connectivity index (χ4n) is 3.10. The first-order valence-corrected chi connectivity index (χ1v) is 9.93. The van der Waals surface area contributed by atoms with Crippen molar-refractivity contribution in [3.05, 3.63) is 35.4 Å². The van der Waals surface area contributed by atoms with Crippen LogP contribution in [-0.4, -0.2) is 54.1 Å². The molecule has 1 aromatic carbocycles. The number of aromatic nitrogens is 2. The number of carbonyl (C=O) groups excluding carboxylic acids is 1. The molecule has 28 heavy (non-hydrogen) atoms. The molecule has 152 valence electrons. The van der Waals surface area contributed by atoms with Crippen molar-refractivity contribution >= 4 is 11.9 Å². The smallest absolute Gasteiger partial charge is 0.229 e. The molecule has 0 bridgehead atoms. The van der Waals surface area contributed by atoms with E-state index in [0.717, 1.165) is 35.3 Å². The van der Waals surface area contributed by atoms with Crippen LogP contribution in [0.5, 0.6) is 5.88 Å². The van der Waals surface area contributed by atoms with E-state index in [2.05, 4.69) is 31.0 Å². The van der Waals surface area contributed by atoms with Crippen molar-refractivity contribution in [3.8, 4) is 17.1 Å². The number of hydrogen-bond acceptors (Lipinski definition) is 5. The monoisotopic (exact) mass is 384 g/mol. The summed E-state index contributed by atoms with van der Waals surface area (Å²) in [5, 5.41) is 0. The number of rotatable bonds is 9. The van der Waals surface area contributed by atoms with Gasteiger partial charge in [-0.15, -0.1) is 0 Å². The fourth-order valence-corrected chi connectivity index (χ4v) is 3.10. The lowest BCUT2D eigenvalue weighted by Crippen LogP contribution is -2.37. The predicted molar refractivity (Wildman–Crippen MR) is 114 cm³/mol. The lowest BCUT2D eigenvalue weighted by Gasteiger charge is -2.25. The summed E-state index contributed by atoms with van der Waals surface area (Å²) in [5.41, 5.74) is 4.06. The Hall–Kier alpha value is -2.63. The third-order valence-corrected chi connectivity index (χ3v) is 4.76. The first kappa shape index (κ1) is 21.7. The van der Waals surface area contributed by atoms with Crippen LogP contribution in [0.4, 0.5) is 5.95 Å². The standard InChI is InChI=1S/C22H32N4O2/c1-7-13-26(18(5)27)15-14-25(6)22-23-20(17(4)21(24-22)28-8-2)19-12-10-9-11-16(19)3/h9-12H,7-8,13-15H2,1-6H3. The lowest BCUT2D eigenvalue weighted by atomic mass is 10.0. The molecule has 0 N–H and O–H groups in total. The fraction of sp³-hybridized carbons (Fsp3) is 0.500. The van der Waals surface area contributed by atoms with Gasteiger partial charge in [-0.1, -0.05) is 31.2 Å². The number of hydrogen-bond donors (Lipinski definition) is 0. The van der Waals surface area contributed by atoms with Gasteiger partial charge in [-0.3, -0.25) is 4.79 Å². The molecule has 0 atom stereocenters. The summed E-state index contributed by atoms with van der Waals surface area (Å²) >= 11 is 0. The zero-order valence-corrected chi connectivity index (χ0v) is 18.0. The minimum absolute atomic E-state index is 0.0932. The Morgan fingerprint density at radius 3 is 2.39 bits per heavy atom. The molecule has 6 nitrogen and oxygen atoms in total. The summed E-state index contributed by atoms with van der Waals surface area (Å²) < 4.78 is 5.79. The molecule has 2 rings (SSSR count). The summed E-state index contributed by atoms with van der Waals surface area (Å²) in [7, 11) is 1.95. The summed E-state index contributed by atoms with van der Waals surface area (Å²) in [5.74, 6) is 1.30. The van der Waals surface area contributed by atoms with Crippen molar-refractivity contribution < 1.29 is 9.53 Å². The average molecular weight is 385 g/mol. The molecule has 0 saturated carbocycles. The molecule has 0 saturated heterocycles. The van der Waals surface area contributed by atoms with Crippen molar-refractivity contribution in [1.82, 2.24) is 14.9 Å². The Bertz CT molecular complexity index is 807. The van der Waals surface area contributed by atoms with E-state index < -0.39 is 0 Å². The first-order valence-electron chi connectivity index (χ1n) is 9.93. The Kier molecular flexibility index (Phi) is 7.79. The van der Waals surface area contributed by atoms with Crippen LogP contribution in [0.3, 0.4) is 0 Å². The second kappa shape index (κ2) is 10.1. The number of anilines is 1. The quantitative estimate of drug-likeness (QED) is 0.657. The van der Waals surface area contributed by atoms with Gasteiger partial charge in [0.1, 0.15) is 0 Å². The number of likely N-dealkylation sites (N-methyl/N-ethyl adjacent to an activating group) is 1. The van der Waals surface area contributed by atoms with Crippen LogP contribution in [0.1, 0.15) is 38.3 Å². The number of aryl methyl sites for hydroxylation is 1. The molecule has 1 amide bonds. The van der Waals surface area contributed by atoms with Gasteiger partial charge < -0.3 is 14.5 Å². The highest BCUT2D eigenvalue weighted by atomic mass is 16.5. The second-order valence-corrected chi connectivity index (χ2v) is 6.98. The largest absolute Gasteiger partial charge is 0.478 e. The van der Waals surface area contributed by atoms with Gasteiger partial charge in [0.2, 0.25) is 17.7 Å². The molecule has 6 heteroatoms. The maximum Gasteiger partial charge on any atom is 0.229 e. The van der Waals surface area contributed by atoms with Gasteiger partial charge in [0.25, 0.3) is 0 Å². The summed E-state index contributed by atoms with van der Waals surface area (Å²) in [6.07, 6.45) is 0.941. The number of nitrogens with zero attached hydrogens (tertiary/aromatic N) is 4. The lowest BCUT2D eigenvalue weighted by molar-refractivity contribution is -0.128. The van der Waals surface area contributed by atoms with Gasteiger partial charge in [-0.25, -0.2) is 4.98 Å². The number of amides is 1. The summed E-state index contributed by atoms with van der Waals surface area (Å²) in [6.45, 7) is 12.3. The van der Waals surface area contributed by atoms with E-state index in [1.54, 1.807) is 6.92 Å². The molecular weight excluding hydrogens is 352 g/mol. The summed E-state index contributed by atoms with van der Waals surface area (Å²) in [6, 6.07) is 8.19. The number of benzene rings is 1. The molecule has 0 spiro atoms. The van der Waals surface area contributed by atoms with Gasteiger partial charge in [0.05, 0.1) is 12.3 Å². The molecule has 0 unspecified atom stereocenters. The van der Waals surface area contributed by atoms with Crippen molar-refractivity contribution in [2.75, 3.05) is 38.2 Å². The average Bonchev–Trinajstić information content (AvgIpc) is 2.67. The van der Waals surface area contributed by atoms with Crippen LogP contribution in [0.2, 0.25) is 0 Å². The van der Waals surface area contributed by atoms with Crippen molar-refractivity contribution in [1.29, 1.82) is 0 Å². The Morgan fingerprint density at radius 2 is 1.79 bits per heavy atom. The maximum atomic E-state index is 11.8. The molecule has 0 aliphatic heterocycles. The van der Waals surface area contributed by atoms with Gasteiger partial charge in [0, 0.05) is 44.7 Å². The van der Waals surface area contributed by atoms with E-state index in [9.17, 15) is 4.79 Å². The van der Waals surface area contributed by atoms with E-state index in [-0.39, 0.29) is 5.91 Å². The number of ether oxygens (including phenoxy) is 1. The number of carbonyl (C=O) groups is 1. The maximum absolute atomic E-state index is 11.8. The Morgan fingerprint density at radius 1 is 1.07 bits per heavy atom. The molecule has 0 aliphatic rings. The normalized spacial score (nSPS) is 10.6. The van der Waals surface area contributed by atoms with Crippen LogP contribution in [0, 0.1) is 13.8 Å². The Labute approximate surface area is 168 Å². The van der Waals surface area contributed by atoms with E-state index >= 15 is 0 Å². The van der Waals surface area contributed by atoms with Crippen molar-refractivity contribution in [3.63, 3.8) is 0 Å². The minimum Gasteiger partial charge on any atom is -0.478 e. The second-order valence-electron chi connectivity index (χ2n) is 6.98. The van der Waals surface area contributed by atoms with Crippen LogP contribution in [0.25, 0.3) is 11.3 Å². The molecule has 0 aliphatic carbocycles. The van der Waals surface area contributed by atoms with Crippen molar-refractivity contribution in [2.45, 2.75) is 41.0 Å². The third-order valence-electron chi connectivity index (χ3n) is 4.76. The zero-order valence-electron chi connectivity index (χ0n) is 18.0. The van der Waals surface area contributed by atoms with Crippen LogP contribution >= 0.6 is 0 Å². The first-order chi connectivity index (χ1) is 13.4. The molecule has 1 aromatic heterocycles. The topological polar surface area (TPSA) is 58.6 Å². The van der Waals surface area contributed by atoms with Crippen LogP contribution in [0.15, 0.2) is 24.3 Å². The van der Waals surface area contributed by atoms with Gasteiger partial charge >= 0.3 is 0 Å². The SMILES string of the molecule is CCCN(CCN(C)c1nc(OCC)c(C)c(-c2ccccc2C)n1)C(C)=O. The Balaban J connectivity index is 2.35. The van der Waals surface area contributed by atoms with Crippen LogP contribution in [-0.2, 0) is 4.79 Å². The minimum atomic E-state index is 0.0932.